The van der Waals surface area contributed by atoms with Crippen LogP contribution < -0.4 is 15.4 Å². The van der Waals surface area contributed by atoms with Crippen LogP contribution in [0.3, 0.4) is 0 Å². The molecule has 0 spiro atoms. The van der Waals surface area contributed by atoms with Crippen LogP contribution >= 0.6 is 0 Å². The Labute approximate surface area is 156 Å². The number of benzene rings is 1. The van der Waals surface area contributed by atoms with Crippen molar-refractivity contribution in [2.24, 2.45) is 7.05 Å². The largest absolute Gasteiger partial charge is 0.481 e. The maximum atomic E-state index is 12.2. The van der Waals surface area contributed by atoms with Crippen LogP contribution in [-0.2, 0) is 16.6 Å². The van der Waals surface area contributed by atoms with Gasteiger partial charge in [-0.1, -0.05) is 6.07 Å². The molecule has 1 aliphatic carbocycles. The number of aryl methyl sites for hydroxylation is 1. The summed E-state index contributed by atoms with van der Waals surface area (Å²) in [5.74, 6) is -0.851. The van der Waals surface area contributed by atoms with Crippen LogP contribution in [0, 0.1) is 0 Å². The molecule has 8 nitrogen and oxygen atoms in total. The first-order chi connectivity index (χ1) is 13.0. The van der Waals surface area contributed by atoms with Gasteiger partial charge in [-0.25, -0.2) is 4.79 Å². The molecule has 0 bridgehead atoms. The molecule has 1 fully saturated rings. The Bertz CT molecular complexity index is 870. The van der Waals surface area contributed by atoms with Gasteiger partial charge in [0.05, 0.1) is 7.11 Å². The minimum Gasteiger partial charge on any atom is -0.481 e. The SMILES string of the molecule is COC(=O)c1c(OCC(=O)Nc2cccc(C(=O)NC3CC3)c2)ccn1C. The molecule has 1 heterocycles. The first kappa shape index (κ1) is 18.5. The van der Waals surface area contributed by atoms with E-state index in [1.54, 1.807) is 48.1 Å². The summed E-state index contributed by atoms with van der Waals surface area (Å²) in [4.78, 5) is 36.0. The average Bonchev–Trinajstić information content (AvgIpc) is 3.39. The number of aromatic nitrogens is 1. The number of methoxy groups -OCH3 is 1. The number of nitrogens with zero attached hydrogens (tertiary/aromatic N) is 1. The van der Waals surface area contributed by atoms with E-state index >= 15 is 0 Å². The van der Waals surface area contributed by atoms with Gasteiger partial charge in [0.2, 0.25) is 0 Å². The van der Waals surface area contributed by atoms with Crippen LogP contribution in [0.4, 0.5) is 5.69 Å². The number of esters is 1. The van der Waals surface area contributed by atoms with E-state index in [1.807, 2.05) is 0 Å². The summed E-state index contributed by atoms with van der Waals surface area (Å²) in [5, 5.41) is 5.58. The Hall–Kier alpha value is -3.29. The summed E-state index contributed by atoms with van der Waals surface area (Å²) in [6.07, 6.45) is 3.65. The highest BCUT2D eigenvalue weighted by Gasteiger charge is 2.24. The van der Waals surface area contributed by atoms with Gasteiger partial charge < -0.3 is 24.7 Å². The van der Waals surface area contributed by atoms with Crippen molar-refractivity contribution in [2.75, 3.05) is 19.0 Å². The van der Waals surface area contributed by atoms with E-state index in [2.05, 4.69) is 10.6 Å². The van der Waals surface area contributed by atoms with Gasteiger partial charge >= 0.3 is 5.97 Å². The molecular weight excluding hydrogens is 350 g/mol. The fourth-order valence-corrected chi connectivity index (χ4v) is 2.54. The standard InChI is InChI=1S/C19H21N3O5/c1-22-9-8-15(17(22)19(25)26-2)27-11-16(23)20-14-5-3-4-12(10-14)18(24)21-13-6-7-13/h3-5,8-10,13H,6-7,11H2,1-2H3,(H,20,23)(H,21,24). The second kappa shape index (κ2) is 7.94. The zero-order valence-electron chi connectivity index (χ0n) is 15.2. The van der Waals surface area contributed by atoms with Crippen molar-refractivity contribution >= 4 is 23.5 Å². The van der Waals surface area contributed by atoms with Crippen molar-refractivity contribution in [3.63, 3.8) is 0 Å². The van der Waals surface area contributed by atoms with E-state index in [4.69, 9.17) is 9.47 Å². The van der Waals surface area contributed by atoms with Gasteiger partial charge in [-0.05, 0) is 37.1 Å². The lowest BCUT2D eigenvalue weighted by Gasteiger charge is -2.10. The number of carbonyl (C=O) groups excluding carboxylic acids is 3. The van der Waals surface area contributed by atoms with Gasteiger partial charge in [0.25, 0.3) is 11.8 Å². The number of hydrogen-bond donors (Lipinski definition) is 2. The molecule has 1 saturated carbocycles. The second-order valence-electron chi connectivity index (χ2n) is 6.30. The second-order valence-corrected chi connectivity index (χ2v) is 6.30. The highest BCUT2D eigenvalue weighted by molar-refractivity contribution is 5.98. The molecule has 2 aromatic rings. The Balaban J connectivity index is 1.58. The van der Waals surface area contributed by atoms with Crippen LogP contribution in [0.25, 0.3) is 0 Å². The summed E-state index contributed by atoms with van der Waals surface area (Å²) < 4.78 is 11.7. The fourth-order valence-electron chi connectivity index (χ4n) is 2.54. The lowest BCUT2D eigenvalue weighted by molar-refractivity contribution is -0.118. The number of hydrogen-bond acceptors (Lipinski definition) is 5. The number of rotatable bonds is 7. The predicted molar refractivity (Wildman–Crippen MR) is 97.8 cm³/mol. The molecule has 0 atom stereocenters. The molecule has 3 rings (SSSR count). The third-order valence-corrected chi connectivity index (χ3v) is 4.09. The first-order valence-electron chi connectivity index (χ1n) is 8.55. The fraction of sp³-hybridized carbons (Fsp3) is 0.316. The van der Waals surface area contributed by atoms with E-state index in [0.717, 1.165) is 12.8 Å². The molecule has 1 aromatic carbocycles. The minimum absolute atomic E-state index is 0.156. The van der Waals surface area contributed by atoms with Crippen molar-refractivity contribution < 1.29 is 23.9 Å². The maximum Gasteiger partial charge on any atom is 0.358 e. The molecule has 2 N–H and O–H groups in total. The molecule has 0 saturated heterocycles. The zero-order chi connectivity index (χ0) is 19.4. The van der Waals surface area contributed by atoms with Crippen LogP contribution in [0.15, 0.2) is 36.5 Å². The molecule has 8 heteroatoms. The number of ether oxygens (including phenoxy) is 2. The summed E-state index contributed by atoms with van der Waals surface area (Å²) in [6.45, 7) is -0.285. The summed E-state index contributed by atoms with van der Waals surface area (Å²) in [5.41, 5.74) is 1.20. The third kappa shape index (κ3) is 4.66. The quantitative estimate of drug-likeness (QED) is 0.722. The van der Waals surface area contributed by atoms with Gasteiger partial charge in [-0.15, -0.1) is 0 Å². The van der Waals surface area contributed by atoms with Crippen LogP contribution in [0.2, 0.25) is 0 Å². The summed E-state index contributed by atoms with van der Waals surface area (Å²) >= 11 is 0. The van der Waals surface area contributed by atoms with Gasteiger partial charge in [0, 0.05) is 30.5 Å². The number of carbonyl (C=O) groups is 3. The van der Waals surface area contributed by atoms with Crippen LogP contribution in [0.5, 0.6) is 5.75 Å². The molecule has 142 valence electrons. The molecule has 27 heavy (non-hydrogen) atoms. The van der Waals surface area contributed by atoms with Crippen molar-refractivity contribution in [2.45, 2.75) is 18.9 Å². The lowest BCUT2D eigenvalue weighted by atomic mass is 10.2. The van der Waals surface area contributed by atoms with Gasteiger partial charge in [-0.3, -0.25) is 9.59 Å². The molecular formula is C19H21N3O5. The van der Waals surface area contributed by atoms with Crippen molar-refractivity contribution in [1.82, 2.24) is 9.88 Å². The van der Waals surface area contributed by atoms with Gasteiger partial charge in [0.15, 0.2) is 18.1 Å². The number of nitrogens with one attached hydrogen (secondary N) is 2. The average molecular weight is 371 g/mol. The van der Waals surface area contributed by atoms with E-state index < -0.39 is 11.9 Å². The first-order valence-corrected chi connectivity index (χ1v) is 8.55. The van der Waals surface area contributed by atoms with Gasteiger partial charge in [0.1, 0.15) is 0 Å². The number of anilines is 1. The van der Waals surface area contributed by atoms with Crippen LogP contribution in [-0.4, -0.2) is 42.1 Å². The highest BCUT2D eigenvalue weighted by Crippen LogP contribution is 2.21. The third-order valence-electron chi connectivity index (χ3n) is 4.09. The predicted octanol–water partition coefficient (Wildman–Crippen LogP) is 1.72. The lowest BCUT2D eigenvalue weighted by Crippen LogP contribution is -2.25. The topological polar surface area (TPSA) is 98.7 Å². The number of amides is 2. The van der Waals surface area contributed by atoms with E-state index in [-0.39, 0.29) is 30.0 Å². The van der Waals surface area contributed by atoms with Crippen molar-refractivity contribution in [1.29, 1.82) is 0 Å². The molecule has 0 aliphatic heterocycles. The normalized spacial score (nSPS) is 13.0. The Morgan fingerprint density at radius 2 is 2.00 bits per heavy atom. The van der Waals surface area contributed by atoms with Gasteiger partial charge in [-0.2, -0.15) is 0 Å². The van der Waals surface area contributed by atoms with Crippen molar-refractivity contribution in [3.8, 4) is 5.75 Å². The zero-order valence-corrected chi connectivity index (χ0v) is 15.2. The Morgan fingerprint density at radius 1 is 1.22 bits per heavy atom. The Morgan fingerprint density at radius 3 is 2.70 bits per heavy atom. The summed E-state index contributed by atoms with van der Waals surface area (Å²) in [7, 11) is 2.95. The molecule has 2 amide bonds. The maximum absolute atomic E-state index is 12.2. The molecule has 0 radical (unpaired) electrons. The molecule has 1 aromatic heterocycles. The Kier molecular flexibility index (Phi) is 5.44. The molecule has 0 unspecified atom stereocenters. The summed E-state index contributed by atoms with van der Waals surface area (Å²) in [6, 6.07) is 8.54. The highest BCUT2D eigenvalue weighted by atomic mass is 16.5. The van der Waals surface area contributed by atoms with Crippen molar-refractivity contribution in [3.05, 3.63) is 47.8 Å². The van der Waals surface area contributed by atoms with E-state index in [9.17, 15) is 14.4 Å². The van der Waals surface area contributed by atoms with E-state index in [0.29, 0.717) is 11.3 Å². The van der Waals surface area contributed by atoms with Crippen LogP contribution in [0.1, 0.15) is 33.7 Å². The molecule has 1 aliphatic rings. The smallest absolute Gasteiger partial charge is 0.358 e. The monoisotopic (exact) mass is 371 g/mol. The van der Waals surface area contributed by atoms with E-state index in [1.165, 1.54) is 7.11 Å². The minimum atomic E-state index is -0.549.